The minimum atomic E-state index is -4.41. The molecule has 0 saturated carbocycles. The maximum atomic E-state index is 12.5. The Bertz CT molecular complexity index is 764. The first-order valence-electron chi connectivity index (χ1n) is 8.38. The van der Waals surface area contributed by atoms with Crippen LogP contribution in [0, 0.1) is 0 Å². The van der Waals surface area contributed by atoms with E-state index >= 15 is 0 Å². The fourth-order valence-electron chi connectivity index (χ4n) is 2.08. The van der Waals surface area contributed by atoms with Crippen molar-refractivity contribution in [2.24, 2.45) is 0 Å². The molecule has 0 aliphatic rings. The third-order valence-corrected chi connectivity index (χ3v) is 3.74. The van der Waals surface area contributed by atoms with Crippen LogP contribution in [0.1, 0.15) is 18.4 Å². The van der Waals surface area contributed by atoms with Gasteiger partial charge in [0.05, 0.1) is 18.8 Å². The number of para-hydroxylation sites is 2. The highest BCUT2D eigenvalue weighted by Crippen LogP contribution is 2.29. The number of pyridine rings is 1. The van der Waals surface area contributed by atoms with E-state index in [1.165, 1.54) is 12.1 Å². The van der Waals surface area contributed by atoms with Crippen LogP contribution in [0.25, 0.3) is 0 Å². The first kappa shape index (κ1) is 22.2. The van der Waals surface area contributed by atoms with Crippen LogP contribution in [0.15, 0.2) is 53.2 Å². The molecule has 1 heterocycles. The lowest BCUT2D eigenvalue weighted by molar-refractivity contribution is -0.137. The number of hydrogen-bond acceptors (Lipinski definition) is 4. The zero-order valence-electron chi connectivity index (χ0n) is 14.7. The van der Waals surface area contributed by atoms with Crippen molar-refractivity contribution in [2.45, 2.75) is 19.0 Å². The standard InChI is InChI=1S/C19H18Cl2F3NO3/c20-17(21)9-12-27-16-6-2-1-5-15(16)26-10-3-4-11-28-18-8-7-14(13-25-18)19(22,23)24/h1-2,5-9,13H,3-4,10-12H2. The molecule has 4 nitrogen and oxygen atoms in total. The smallest absolute Gasteiger partial charge is 0.417 e. The van der Waals surface area contributed by atoms with Crippen LogP contribution in [-0.4, -0.2) is 24.8 Å². The van der Waals surface area contributed by atoms with Gasteiger partial charge in [-0.3, -0.25) is 0 Å². The van der Waals surface area contributed by atoms with E-state index in [1.54, 1.807) is 12.1 Å². The Balaban J connectivity index is 1.69. The molecule has 0 aliphatic carbocycles. The van der Waals surface area contributed by atoms with Gasteiger partial charge >= 0.3 is 6.18 Å². The quantitative estimate of drug-likeness (QED) is 0.426. The molecule has 0 bridgehead atoms. The normalized spacial score (nSPS) is 11.0. The SMILES string of the molecule is FC(F)(F)c1ccc(OCCCCOc2ccccc2OCC=C(Cl)Cl)nc1. The number of benzene rings is 1. The molecule has 9 heteroatoms. The van der Waals surface area contributed by atoms with Gasteiger partial charge < -0.3 is 14.2 Å². The summed E-state index contributed by atoms with van der Waals surface area (Å²) in [4.78, 5) is 3.65. The molecule has 28 heavy (non-hydrogen) atoms. The van der Waals surface area contributed by atoms with Crippen molar-refractivity contribution in [1.29, 1.82) is 0 Å². The number of unbranched alkanes of at least 4 members (excludes halogenated alkanes) is 1. The Kier molecular flexibility index (Phi) is 8.73. The summed E-state index contributed by atoms with van der Waals surface area (Å²) < 4.78 is 54.1. The summed E-state index contributed by atoms with van der Waals surface area (Å²) in [6, 6.07) is 9.34. The van der Waals surface area contributed by atoms with Crippen LogP contribution in [-0.2, 0) is 6.18 Å². The molecule has 152 valence electrons. The maximum absolute atomic E-state index is 12.5. The lowest BCUT2D eigenvalue weighted by Gasteiger charge is -2.12. The summed E-state index contributed by atoms with van der Waals surface area (Å²) in [5.41, 5.74) is -0.807. The Labute approximate surface area is 170 Å². The molecule has 0 fully saturated rings. The van der Waals surface area contributed by atoms with Gasteiger partial charge in [-0.1, -0.05) is 35.3 Å². The van der Waals surface area contributed by atoms with Gasteiger partial charge in [0.15, 0.2) is 11.5 Å². The molecule has 0 saturated heterocycles. The number of hydrogen-bond donors (Lipinski definition) is 0. The number of halogens is 5. The van der Waals surface area contributed by atoms with Gasteiger partial charge in [-0.05, 0) is 37.1 Å². The van der Waals surface area contributed by atoms with E-state index in [4.69, 9.17) is 37.4 Å². The fraction of sp³-hybridized carbons (Fsp3) is 0.316. The van der Waals surface area contributed by atoms with Gasteiger partial charge in [0.1, 0.15) is 11.1 Å². The predicted molar refractivity (Wildman–Crippen MR) is 101 cm³/mol. The molecule has 0 aliphatic heterocycles. The van der Waals surface area contributed by atoms with E-state index in [2.05, 4.69) is 4.98 Å². The van der Waals surface area contributed by atoms with Crippen molar-refractivity contribution in [3.05, 3.63) is 58.7 Å². The number of nitrogens with zero attached hydrogens (tertiary/aromatic N) is 1. The molecule has 2 rings (SSSR count). The molecular formula is C19H18Cl2F3NO3. The number of ether oxygens (including phenoxy) is 3. The van der Waals surface area contributed by atoms with Gasteiger partial charge in [-0.15, -0.1) is 0 Å². The Hall–Kier alpha value is -2.12. The average molecular weight is 436 g/mol. The van der Waals surface area contributed by atoms with E-state index in [1.807, 2.05) is 12.1 Å². The fourth-order valence-corrected chi connectivity index (χ4v) is 2.21. The molecule has 2 aromatic rings. The molecule has 0 spiro atoms. The molecule has 0 unspecified atom stereocenters. The second kappa shape index (κ2) is 11.0. The topological polar surface area (TPSA) is 40.6 Å². The minimum Gasteiger partial charge on any atom is -0.490 e. The summed E-state index contributed by atoms with van der Waals surface area (Å²) in [5, 5.41) is 0. The molecule has 0 radical (unpaired) electrons. The largest absolute Gasteiger partial charge is 0.490 e. The predicted octanol–water partition coefficient (Wildman–Crippen LogP) is 6.04. The van der Waals surface area contributed by atoms with Crippen molar-refractivity contribution in [2.75, 3.05) is 19.8 Å². The van der Waals surface area contributed by atoms with Gasteiger partial charge in [-0.25, -0.2) is 4.98 Å². The van der Waals surface area contributed by atoms with Gasteiger partial charge in [0, 0.05) is 12.3 Å². The Morgan fingerprint density at radius 2 is 1.57 bits per heavy atom. The van der Waals surface area contributed by atoms with Gasteiger partial charge in [-0.2, -0.15) is 13.2 Å². The van der Waals surface area contributed by atoms with Crippen LogP contribution in [0.3, 0.4) is 0 Å². The van der Waals surface area contributed by atoms with Gasteiger partial charge in [0.25, 0.3) is 0 Å². The lowest BCUT2D eigenvalue weighted by Crippen LogP contribution is -2.07. The highest BCUT2D eigenvalue weighted by molar-refractivity contribution is 6.55. The monoisotopic (exact) mass is 435 g/mol. The summed E-state index contributed by atoms with van der Waals surface area (Å²) in [7, 11) is 0. The molecule has 0 atom stereocenters. The van der Waals surface area contributed by atoms with E-state index in [0.717, 1.165) is 12.3 Å². The third-order valence-electron chi connectivity index (χ3n) is 3.44. The third kappa shape index (κ3) is 7.86. The van der Waals surface area contributed by atoms with E-state index < -0.39 is 11.7 Å². The van der Waals surface area contributed by atoms with Gasteiger partial charge in [0.2, 0.25) is 5.88 Å². The summed E-state index contributed by atoms with van der Waals surface area (Å²) in [5.74, 6) is 1.31. The molecule has 0 N–H and O–H groups in total. The summed E-state index contributed by atoms with van der Waals surface area (Å²) in [6.07, 6.45) is -0.803. The van der Waals surface area contributed by atoms with E-state index in [9.17, 15) is 13.2 Å². The summed E-state index contributed by atoms with van der Waals surface area (Å²) in [6.45, 7) is 0.964. The molecule has 0 amide bonds. The number of rotatable bonds is 10. The van der Waals surface area contributed by atoms with E-state index in [0.29, 0.717) is 37.6 Å². The zero-order chi connectivity index (χ0) is 20.4. The van der Waals surface area contributed by atoms with E-state index in [-0.39, 0.29) is 17.0 Å². The maximum Gasteiger partial charge on any atom is 0.417 e. The minimum absolute atomic E-state index is 0.126. The second-order valence-corrected chi connectivity index (χ2v) is 6.55. The van der Waals surface area contributed by atoms with Crippen molar-refractivity contribution in [3.63, 3.8) is 0 Å². The number of alkyl halides is 3. The summed E-state index contributed by atoms with van der Waals surface area (Å²) >= 11 is 11.1. The van der Waals surface area contributed by atoms with Crippen LogP contribution in [0.2, 0.25) is 0 Å². The van der Waals surface area contributed by atoms with Crippen molar-refractivity contribution in [3.8, 4) is 17.4 Å². The first-order valence-corrected chi connectivity index (χ1v) is 9.13. The number of aromatic nitrogens is 1. The highest BCUT2D eigenvalue weighted by Gasteiger charge is 2.30. The van der Waals surface area contributed by atoms with Crippen LogP contribution in [0.4, 0.5) is 13.2 Å². The van der Waals surface area contributed by atoms with Crippen molar-refractivity contribution in [1.82, 2.24) is 4.98 Å². The highest BCUT2D eigenvalue weighted by atomic mass is 35.5. The average Bonchev–Trinajstić information content (AvgIpc) is 2.65. The molecule has 1 aromatic heterocycles. The van der Waals surface area contributed by atoms with Crippen molar-refractivity contribution >= 4 is 23.2 Å². The Morgan fingerprint density at radius 1 is 0.929 bits per heavy atom. The molecular weight excluding hydrogens is 418 g/mol. The van der Waals surface area contributed by atoms with Crippen LogP contribution >= 0.6 is 23.2 Å². The Morgan fingerprint density at radius 3 is 2.14 bits per heavy atom. The lowest BCUT2D eigenvalue weighted by atomic mass is 10.3. The van der Waals surface area contributed by atoms with Crippen LogP contribution in [0.5, 0.6) is 17.4 Å². The van der Waals surface area contributed by atoms with Crippen molar-refractivity contribution < 1.29 is 27.4 Å². The van der Waals surface area contributed by atoms with Crippen LogP contribution < -0.4 is 14.2 Å². The second-order valence-electron chi connectivity index (χ2n) is 5.54. The zero-order valence-corrected chi connectivity index (χ0v) is 16.2. The first-order chi connectivity index (χ1) is 13.4. The molecule has 1 aromatic carbocycles.